The van der Waals surface area contributed by atoms with Crippen molar-refractivity contribution in [3.63, 3.8) is 0 Å². The summed E-state index contributed by atoms with van der Waals surface area (Å²) in [6, 6.07) is 38.8. The molecule has 4 aromatic carbocycles. The van der Waals surface area contributed by atoms with E-state index in [1.807, 2.05) is 41.2 Å². The number of rotatable bonds is 11. The molecule has 0 spiro atoms. The number of hydrogen-bond donors (Lipinski definition) is 0. The molecule has 0 aliphatic rings. The van der Waals surface area contributed by atoms with E-state index in [9.17, 15) is 0 Å². The van der Waals surface area contributed by atoms with Crippen LogP contribution < -0.4 is 4.74 Å². The van der Waals surface area contributed by atoms with Gasteiger partial charge in [-0.05, 0) is 85.0 Å². The average molecular weight is 826 g/mol. The summed E-state index contributed by atoms with van der Waals surface area (Å²) < 4.78 is 10.7. The Morgan fingerprint density at radius 1 is 0.796 bits per heavy atom. The monoisotopic (exact) mass is 825 g/mol. The van der Waals surface area contributed by atoms with Gasteiger partial charge in [0.15, 0.2) is 0 Å². The molecule has 3 aromatic heterocycles. The van der Waals surface area contributed by atoms with Crippen LogP contribution in [0.2, 0.25) is 0 Å². The standard InChI is InChI=1S/C43H42N4O.Pt/c1-6-7-9-13-32-22-23-44-42(26-32)46-40-21-18-33(24-29(2)3)25-39(40)38-20-19-37(28-41(38)46)48-36-17-12-16-35(27-36)47-31(5)43(30(4)45-47)34-14-10-8-11-15-34;/h8,10-12,14-23,25-26,29H,6-7,9,13,24H2,1-5H3;/q-2;+2. The number of nitrogens with zero attached hydrogens (tertiary/aromatic N) is 4. The Balaban J connectivity index is 0.00000417. The van der Waals surface area contributed by atoms with Crippen LogP contribution in [-0.4, -0.2) is 19.3 Å². The van der Waals surface area contributed by atoms with Gasteiger partial charge in [0.1, 0.15) is 5.82 Å². The third kappa shape index (κ3) is 7.14. The van der Waals surface area contributed by atoms with Gasteiger partial charge in [0.05, 0.1) is 5.69 Å². The van der Waals surface area contributed by atoms with Gasteiger partial charge >= 0.3 is 21.1 Å². The Bertz CT molecular complexity index is 2210. The zero-order chi connectivity index (χ0) is 33.2. The number of unbranched alkanes of at least 4 members (excludes halogenated alkanes) is 2. The molecule has 3 heterocycles. The summed E-state index contributed by atoms with van der Waals surface area (Å²) in [4.78, 5) is 4.87. The van der Waals surface area contributed by atoms with Crippen molar-refractivity contribution in [2.24, 2.45) is 5.92 Å². The maximum Gasteiger partial charge on any atom is 2.00 e. The van der Waals surface area contributed by atoms with E-state index in [1.54, 1.807) is 0 Å². The second kappa shape index (κ2) is 15.0. The minimum absolute atomic E-state index is 0. The predicted molar refractivity (Wildman–Crippen MR) is 197 cm³/mol. The number of aryl methyl sites for hydroxylation is 2. The predicted octanol–water partition coefficient (Wildman–Crippen LogP) is 11.0. The molecule has 250 valence electrons. The smallest absolute Gasteiger partial charge is 0.509 e. The molecule has 0 bridgehead atoms. The SMILES string of the molecule is CCCCCc1ccnc(-n2c3[c-]c(Oc4[c-]c(-n5nc(C)c(-c6ccccc6)c5C)ccc4)ccc3c3cc(CC(C)C)ccc32)c1.[Pt+2]. The Hall–Kier alpha value is -4.47. The summed E-state index contributed by atoms with van der Waals surface area (Å²) in [7, 11) is 0. The van der Waals surface area contributed by atoms with Crippen LogP contribution in [0.15, 0.2) is 97.2 Å². The molecule has 49 heavy (non-hydrogen) atoms. The molecule has 5 nitrogen and oxygen atoms in total. The number of hydrogen-bond acceptors (Lipinski definition) is 3. The van der Waals surface area contributed by atoms with Crippen LogP contribution in [-0.2, 0) is 33.9 Å². The van der Waals surface area contributed by atoms with Crippen molar-refractivity contribution < 1.29 is 25.8 Å². The Morgan fingerprint density at radius 2 is 1.61 bits per heavy atom. The molecular formula is C43H42N4OPt. The van der Waals surface area contributed by atoms with Gasteiger partial charge < -0.3 is 9.30 Å². The first-order chi connectivity index (χ1) is 23.4. The number of ether oxygens (including phenoxy) is 1. The van der Waals surface area contributed by atoms with Gasteiger partial charge in [0.2, 0.25) is 0 Å². The van der Waals surface area contributed by atoms with Gasteiger partial charge in [-0.15, -0.1) is 35.7 Å². The topological polar surface area (TPSA) is 44.9 Å². The maximum absolute atomic E-state index is 6.48. The molecule has 0 atom stereocenters. The minimum atomic E-state index is 0. The van der Waals surface area contributed by atoms with Gasteiger partial charge in [0, 0.05) is 34.5 Å². The van der Waals surface area contributed by atoms with Crippen molar-refractivity contribution in [1.29, 1.82) is 0 Å². The molecule has 0 aliphatic heterocycles. The van der Waals surface area contributed by atoms with Crippen molar-refractivity contribution in [3.8, 4) is 34.1 Å². The normalized spacial score (nSPS) is 11.4. The van der Waals surface area contributed by atoms with Gasteiger partial charge in [0.25, 0.3) is 0 Å². The number of pyridine rings is 1. The fourth-order valence-corrected chi connectivity index (χ4v) is 6.82. The number of fused-ring (bicyclic) bond motifs is 3. The van der Waals surface area contributed by atoms with Crippen molar-refractivity contribution in [2.45, 2.75) is 66.7 Å². The molecule has 0 N–H and O–H groups in total. The van der Waals surface area contributed by atoms with Gasteiger partial charge in [-0.1, -0.05) is 81.6 Å². The van der Waals surface area contributed by atoms with Crippen LogP contribution in [0.3, 0.4) is 0 Å². The summed E-state index contributed by atoms with van der Waals surface area (Å²) in [5.41, 5.74) is 9.87. The molecule has 6 heteroatoms. The first kappa shape index (κ1) is 34.4. The molecule has 0 unspecified atom stereocenters. The zero-order valence-electron chi connectivity index (χ0n) is 28.9. The second-order valence-corrected chi connectivity index (χ2v) is 13.2. The Kier molecular flexibility index (Phi) is 10.5. The summed E-state index contributed by atoms with van der Waals surface area (Å²) in [6.45, 7) is 10.9. The molecule has 0 saturated carbocycles. The molecule has 0 saturated heterocycles. The molecule has 7 aromatic rings. The first-order valence-corrected chi connectivity index (χ1v) is 17.2. The van der Waals surface area contributed by atoms with Crippen LogP contribution >= 0.6 is 0 Å². The largest absolute Gasteiger partial charge is 2.00 e. The van der Waals surface area contributed by atoms with E-state index in [2.05, 4.69) is 112 Å². The van der Waals surface area contributed by atoms with E-state index >= 15 is 0 Å². The van der Waals surface area contributed by atoms with E-state index in [4.69, 9.17) is 14.8 Å². The molecule has 7 rings (SSSR count). The van der Waals surface area contributed by atoms with Crippen LogP contribution in [0.1, 0.15) is 62.5 Å². The molecule has 0 aliphatic carbocycles. The number of aromatic nitrogens is 4. The molecule has 0 amide bonds. The van der Waals surface area contributed by atoms with Gasteiger partial charge in [-0.2, -0.15) is 17.2 Å². The fraction of sp³-hybridized carbons (Fsp3) is 0.256. The molecule has 0 radical (unpaired) electrons. The third-order valence-electron chi connectivity index (χ3n) is 9.02. The van der Waals surface area contributed by atoms with Crippen molar-refractivity contribution in [2.75, 3.05) is 0 Å². The minimum Gasteiger partial charge on any atom is -0.509 e. The number of benzene rings is 4. The van der Waals surface area contributed by atoms with Crippen LogP contribution in [0.25, 0.3) is 44.4 Å². The Labute approximate surface area is 304 Å². The zero-order valence-corrected chi connectivity index (χ0v) is 31.1. The van der Waals surface area contributed by atoms with Crippen LogP contribution in [0.5, 0.6) is 11.5 Å². The van der Waals surface area contributed by atoms with Crippen molar-refractivity contribution >= 4 is 21.8 Å². The first-order valence-electron chi connectivity index (χ1n) is 17.2. The van der Waals surface area contributed by atoms with E-state index in [1.165, 1.54) is 35.8 Å². The van der Waals surface area contributed by atoms with Crippen LogP contribution in [0.4, 0.5) is 0 Å². The van der Waals surface area contributed by atoms with Gasteiger partial charge in [-0.3, -0.25) is 4.68 Å². The van der Waals surface area contributed by atoms with Crippen molar-refractivity contribution in [1.82, 2.24) is 19.3 Å². The summed E-state index contributed by atoms with van der Waals surface area (Å²) in [6.07, 6.45) is 7.63. The summed E-state index contributed by atoms with van der Waals surface area (Å²) in [5, 5.41) is 7.22. The van der Waals surface area contributed by atoms with E-state index < -0.39 is 0 Å². The van der Waals surface area contributed by atoms with E-state index in [-0.39, 0.29) is 21.1 Å². The average Bonchev–Trinajstić information content (AvgIpc) is 3.57. The third-order valence-corrected chi connectivity index (χ3v) is 9.02. The fourth-order valence-electron chi connectivity index (χ4n) is 6.82. The molecular weight excluding hydrogens is 784 g/mol. The molecule has 0 fully saturated rings. The second-order valence-electron chi connectivity index (χ2n) is 13.2. The summed E-state index contributed by atoms with van der Waals surface area (Å²) in [5.74, 6) is 2.71. The van der Waals surface area contributed by atoms with Crippen LogP contribution in [0, 0.1) is 31.9 Å². The van der Waals surface area contributed by atoms with Gasteiger partial charge in [-0.25, -0.2) is 4.98 Å². The van der Waals surface area contributed by atoms with E-state index in [0.717, 1.165) is 63.3 Å². The maximum atomic E-state index is 6.48. The summed E-state index contributed by atoms with van der Waals surface area (Å²) >= 11 is 0. The van der Waals surface area contributed by atoms with Crippen molar-refractivity contribution in [3.05, 3.63) is 132 Å². The quantitative estimate of drug-likeness (QED) is 0.0964. The Morgan fingerprint density at radius 3 is 2.41 bits per heavy atom. The van der Waals surface area contributed by atoms with E-state index in [0.29, 0.717) is 17.4 Å².